The maximum Gasteiger partial charge on any atom is 1.00 e. The van der Waals surface area contributed by atoms with Crippen molar-refractivity contribution in [3.63, 3.8) is 0 Å². The predicted molar refractivity (Wildman–Crippen MR) is 94.3 cm³/mol. The number of aromatic nitrogens is 3. The molecule has 0 amide bonds. The number of carbonyl (C=O) groups is 1. The van der Waals surface area contributed by atoms with Crippen LogP contribution in [0.3, 0.4) is 0 Å². The third-order valence-corrected chi connectivity index (χ3v) is 5.52. The van der Waals surface area contributed by atoms with E-state index < -0.39 is 5.97 Å². The zero-order valence-electron chi connectivity index (χ0n) is 13.6. The van der Waals surface area contributed by atoms with Gasteiger partial charge in [-0.1, -0.05) is 42.1 Å². The summed E-state index contributed by atoms with van der Waals surface area (Å²) in [5, 5.41) is 21.7. The van der Waals surface area contributed by atoms with Gasteiger partial charge in [0.05, 0.1) is 11.7 Å². The minimum Gasteiger partial charge on any atom is -0.549 e. The average molecular weight is 410 g/mol. The van der Waals surface area contributed by atoms with Crippen molar-refractivity contribution in [3.8, 4) is 5.69 Å². The van der Waals surface area contributed by atoms with Crippen molar-refractivity contribution in [3.05, 3.63) is 46.7 Å². The van der Waals surface area contributed by atoms with Crippen molar-refractivity contribution in [2.24, 2.45) is 0 Å². The third-order valence-electron chi connectivity index (χ3n) is 4.11. The Morgan fingerprint density at radius 3 is 2.60 bits per heavy atom. The Kier molecular flexibility index (Phi) is 5.59. The van der Waals surface area contributed by atoms with Gasteiger partial charge in [-0.25, -0.2) is 0 Å². The fourth-order valence-electron chi connectivity index (χ4n) is 2.92. The second-order valence-corrected chi connectivity index (χ2v) is 7.39. The summed E-state index contributed by atoms with van der Waals surface area (Å²) in [5.74, 6) is -0.636. The van der Waals surface area contributed by atoms with Gasteiger partial charge in [-0.05, 0) is 51.7 Å². The minimum absolute atomic E-state index is 0. The summed E-state index contributed by atoms with van der Waals surface area (Å²) in [6.07, 6.45) is 2.48. The van der Waals surface area contributed by atoms with Crippen LogP contribution in [0.5, 0.6) is 0 Å². The van der Waals surface area contributed by atoms with Crippen LogP contribution in [0.15, 0.2) is 46.3 Å². The first-order valence-corrected chi connectivity index (χ1v) is 9.38. The van der Waals surface area contributed by atoms with E-state index in [-0.39, 0.29) is 24.6 Å². The monoisotopic (exact) mass is 409 g/mol. The molecular weight excluding hydrogens is 397 g/mol. The van der Waals surface area contributed by atoms with E-state index in [2.05, 4.69) is 50.4 Å². The molecule has 1 aliphatic carbocycles. The van der Waals surface area contributed by atoms with Gasteiger partial charge in [-0.3, -0.25) is 4.57 Å². The molecule has 1 heterocycles. The molecule has 0 aliphatic heterocycles. The van der Waals surface area contributed by atoms with Gasteiger partial charge in [0.1, 0.15) is 0 Å². The Morgan fingerprint density at radius 1 is 1.20 bits per heavy atom. The fraction of sp³-hybridized carbons (Fsp3) is 0.235. The van der Waals surface area contributed by atoms with Crippen molar-refractivity contribution in [2.75, 3.05) is 5.75 Å². The molecule has 2 aromatic carbocycles. The number of rotatable bonds is 5. The van der Waals surface area contributed by atoms with Crippen molar-refractivity contribution in [2.45, 2.75) is 23.9 Å². The first-order chi connectivity index (χ1) is 11.6. The molecule has 0 N–H and O–H groups in total. The zero-order valence-corrected chi connectivity index (χ0v) is 16.0. The van der Waals surface area contributed by atoms with Gasteiger partial charge >= 0.3 is 18.9 Å². The number of nitrogens with zero attached hydrogens (tertiary/aromatic N) is 3. The first-order valence-electron chi connectivity index (χ1n) is 7.60. The van der Waals surface area contributed by atoms with E-state index in [0.29, 0.717) is 15.8 Å². The van der Waals surface area contributed by atoms with Crippen LogP contribution in [-0.2, 0) is 4.79 Å². The zero-order chi connectivity index (χ0) is 16.7. The van der Waals surface area contributed by atoms with Gasteiger partial charge < -0.3 is 9.90 Å². The molecule has 1 fully saturated rings. The van der Waals surface area contributed by atoms with Crippen molar-refractivity contribution in [1.82, 2.24) is 14.8 Å². The quantitative estimate of drug-likeness (QED) is 0.434. The molecule has 0 atom stereocenters. The van der Waals surface area contributed by atoms with Crippen molar-refractivity contribution < 1.29 is 28.8 Å². The topological polar surface area (TPSA) is 70.8 Å². The predicted octanol–water partition coefficient (Wildman–Crippen LogP) is -0.0936. The van der Waals surface area contributed by atoms with E-state index in [9.17, 15) is 9.90 Å². The summed E-state index contributed by atoms with van der Waals surface area (Å²) < 4.78 is 2.39. The number of carboxylic acid groups (broad SMARTS) is 1. The van der Waals surface area contributed by atoms with Crippen LogP contribution in [0.25, 0.3) is 16.5 Å². The van der Waals surface area contributed by atoms with Gasteiger partial charge in [-0.15, -0.1) is 10.2 Å². The minimum atomic E-state index is -1.13. The standard InChI is InChI=1S/C17H14BrN3O2S.Li/c18-16-19-20-17(24-9-15(22)23)21(16)14-8-7-11(10-5-6-10)12-3-1-2-4-13(12)14;/h1-4,7-8,10H,5-6,9H2,(H,22,23);/q;+1/p-1. The van der Waals surface area contributed by atoms with E-state index in [4.69, 9.17) is 0 Å². The average Bonchev–Trinajstić information content (AvgIpc) is 3.35. The molecule has 0 bridgehead atoms. The Bertz CT molecular complexity index is 943. The number of halogens is 1. The van der Waals surface area contributed by atoms with Crippen molar-refractivity contribution in [1.29, 1.82) is 0 Å². The number of fused-ring (bicyclic) bond motifs is 1. The van der Waals surface area contributed by atoms with Gasteiger partial charge in [0, 0.05) is 11.1 Å². The molecule has 5 nitrogen and oxygen atoms in total. The Morgan fingerprint density at radius 2 is 1.92 bits per heavy atom. The molecule has 25 heavy (non-hydrogen) atoms. The maximum absolute atomic E-state index is 10.8. The summed E-state index contributed by atoms with van der Waals surface area (Å²) in [5.41, 5.74) is 2.32. The first kappa shape index (κ1) is 18.5. The molecule has 1 aromatic heterocycles. The Hall–Kier alpha value is -1.26. The summed E-state index contributed by atoms with van der Waals surface area (Å²) in [6.45, 7) is 0. The largest absolute Gasteiger partial charge is 1.00 e. The molecule has 8 heteroatoms. The number of benzene rings is 2. The van der Waals surface area contributed by atoms with Gasteiger partial charge in [-0.2, -0.15) is 0 Å². The summed E-state index contributed by atoms with van der Waals surface area (Å²) >= 11 is 4.52. The van der Waals surface area contributed by atoms with Crippen LogP contribution >= 0.6 is 27.7 Å². The van der Waals surface area contributed by atoms with Crippen LogP contribution in [0.4, 0.5) is 0 Å². The number of hydrogen-bond donors (Lipinski definition) is 0. The molecule has 0 spiro atoms. The second-order valence-electron chi connectivity index (χ2n) is 5.74. The second kappa shape index (κ2) is 7.54. The van der Waals surface area contributed by atoms with E-state index in [1.807, 2.05) is 16.7 Å². The molecule has 1 aliphatic rings. The number of aliphatic carboxylic acids is 1. The molecule has 3 aromatic rings. The number of carboxylic acids is 1. The fourth-order valence-corrected chi connectivity index (χ4v) is 4.14. The summed E-state index contributed by atoms with van der Waals surface area (Å²) in [4.78, 5) is 10.8. The Labute approximate surface area is 169 Å². The SMILES string of the molecule is O=C([O-])CSc1nnc(Br)n1-c1ccc(C2CC2)c2ccccc12.[Li+]. The van der Waals surface area contributed by atoms with E-state index in [1.165, 1.54) is 23.8 Å². The summed E-state index contributed by atoms with van der Waals surface area (Å²) in [6, 6.07) is 12.5. The number of carbonyl (C=O) groups excluding carboxylic acids is 1. The normalized spacial score (nSPS) is 13.6. The third kappa shape index (κ3) is 3.65. The number of thioether (sulfide) groups is 1. The number of hydrogen-bond acceptors (Lipinski definition) is 5. The molecule has 122 valence electrons. The van der Waals surface area contributed by atoms with Crippen molar-refractivity contribution >= 4 is 44.4 Å². The van der Waals surface area contributed by atoms with Crippen LogP contribution < -0.4 is 24.0 Å². The summed E-state index contributed by atoms with van der Waals surface area (Å²) in [7, 11) is 0. The van der Waals surface area contributed by atoms with E-state index >= 15 is 0 Å². The van der Waals surface area contributed by atoms with E-state index in [0.717, 1.165) is 22.8 Å². The van der Waals surface area contributed by atoms with Crippen LogP contribution in [0, 0.1) is 0 Å². The van der Waals surface area contributed by atoms with Crippen LogP contribution in [-0.4, -0.2) is 26.5 Å². The molecular formula is C17H13BrLiN3O2S. The van der Waals surface area contributed by atoms with Gasteiger partial charge in [0.2, 0.25) is 4.73 Å². The molecule has 4 rings (SSSR count). The Balaban J connectivity index is 0.00000182. The van der Waals surface area contributed by atoms with Gasteiger partial charge in [0.25, 0.3) is 0 Å². The van der Waals surface area contributed by atoms with Gasteiger partial charge in [0.15, 0.2) is 5.16 Å². The van der Waals surface area contributed by atoms with Crippen LogP contribution in [0.2, 0.25) is 0 Å². The maximum atomic E-state index is 10.8. The smallest absolute Gasteiger partial charge is 0.549 e. The van der Waals surface area contributed by atoms with Crippen LogP contribution in [0.1, 0.15) is 24.3 Å². The van der Waals surface area contributed by atoms with E-state index in [1.54, 1.807) is 0 Å². The molecule has 1 saturated carbocycles. The molecule has 0 unspecified atom stereocenters. The molecule has 0 radical (unpaired) electrons. The molecule has 0 saturated heterocycles.